The fraction of sp³-hybridized carbons (Fsp3) is 0.250. The first kappa shape index (κ1) is 9.93. The Morgan fingerprint density at radius 1 is 1.54 bits per heavy atom. The monoisotopic (exact) mass is 198 g/mol. The van der Waals surface area contributed by atoms with E-state index in [1.165, 1.54) is 18.3 Å². The highest BCUT2D eigenvalue weighted by molar-refractivity contribution is 6.30. The lowest BCUT2D eigenvalue weighted by atomic mass is 10.1. The molecule has 0 radical (unpaired) electrons. The highest BCUT2D eigenvalue weighted by Gasteiger charge is 2.20. The van der Waals surface area contributed by atoms with E-state index in [9.17, 15) is 5.11 Å². The molecule has 2 atom stereocenters. The van der Waals surface area contributed by atoms with Crippen LogP contribution in [0.15, 0.2) is 18.3 Å². The normalized spacial score (nSPS) is 14.6. The molecule has 68 valence electrons. The lowest BCUT2D eigenvalue weighted by molar-refractivity contribution is 0.0526. The van der Waals surface area contributed by atoms with Crippen molar-refractivity contribution in [1.29, 1.82) is 5.26 Å². The van der Waals surface area contributed by atoms with Crippen molar-refractivity contribution in [3.05, 3.63) is 29.0 Å². The standard InChI is InChI=1S/C8H7ClN2O2/c9-8-5(2-1-3-11-8)7(13)6(12)4-10/h1-3,6-7,12-13H. The summed E-state index contributed by atoms with van der Waals surface area (Å²) in [7, 11) is 0. The molecule has 0 aliphatic heterocycles. The number of hydrogen-bond acceptors (Lipinski definition) is 4. The molecule has 0 saturated carbocycles. The molecule has 2 unspecified atom stereocenters. The Hall–Kier alpha value is -1.15. The van der Waals surface area contributed by atoms with Gasteiger partial charge in [0.2, 0.25) is 0 Å². The fourth-order valence-electron chi connectivity index (χ4n) is 0.860. The zero-order valence-electron chi connectivity index (χ0n) is 6.55. The van der Waals surface area contributed by atoms with Crippen LogP contribution in [0.1, 0.15) is 11.7 Å². The highest BCUT2D eigenvalue weighted by atomic mass is 35.5. The second-order valence-electron chi connectivity index (χ2n) is 2.40. The number of aromatic nitrogens is 1. The van der Waals surface area contributed by atoms with Gasteiger partial charge in [-0.1, -0.05) is 17.7 Å². The zero-order chi connectivity index (χ0) is 9.84. The second-order valence-corrected chi connectivity index (χ2v) is 2.76. The van der Waals surface area contributed by atoms with E-state index in [-0.39, 0.29) is 10.7 Å². The first-order valence-corrected chi connectivity index (χ1v) is 3.90. The average Bonchev–Trinajstić information content (AvgIpc) is 2.16. The Kier molecular flexibility index (Phi) is 3.20. The van der Waals surface area contributed by atoms with Gasteiger partial charge in [0, 0.05) is 11.8 Å². The molecule has 0 amide bonds. The van der Waals surface area contributed by atoms with Gasteiger partial charge in [-0.15, -0.1) is 0 Å². The predicted molar refractivity (Wildman–Crippen MR) is 45.8 cm³/mol. The molecule has 13 heavy (non-hydrogen) atoms. The quantitative estimate of drug-likeness (QED) is 0.541. The molecule has 0 aliphatic rings. The van der Waals surface area contributed by atoms with Crippen LogP contribution in [0.4, 0.5) is 0 Å². The molecule has 0 saturated heterocycles. The molecule has 0 aromatic carbocycles. The third-order valence-corrected chi connectivity index (χ3v) is 1.85. The maximum absolute atomic E-state index is 9.37. The largest absolute Gasteiger partial charge is 0.384 e. The smallest absolute Gasteiger partial charge is 0.170 e. The van der Waals surface area contributed by atoms with Gasteiger partial charge in [-0.3, -0.25) is 0 Å². The maximum atomic E-state index is 9.37. The summed E-state index contributed by atoms with van der Waals surface area (Å²) in [4.78, 5) is 3.70. The number of pyridine rings is 1. The topological polar surface area (TPSA) is 77.1 Å². The van der Waals surface area contributed by atoms with E-state index < -0.39 is 12.2 Å². The number of hydrogen-bond donors (Lipinski definition) is 2. The van der Waals surface area contributed by atoms with Crippen molar-refractivity contribution in [2.24, 2.45) is 0 Å². The molecule has 5 heteroatoms. The van der Waals surface area contributed by atoms with Gasteiger partial charge in [0.1, 0.15) is 11.3 Å². The summed E-state index contributed by atoms with van der Waals surface area (Å²) in [6, 6.07) is 4.57. The summed E-state index contributed by atoms with van der Waals surface area (Å²) in [5, 5.41) is 26.8. The zero-order valence-corrected chi connectivity index (χ0v) is 7.31. The van der Waals surface area contributed by atoms with Crippen LogP contribution >= 0.6 is 11.6 Å². The second kappa shape index (κ2) is 4.19. The minimum atomic E-state index is -1.48. The maximum Gasteiger partial charge on any atom is 0.170 e. The van der Waals surface area contributed by atoms with Crippen molar-refractivity contribution in [3.63, 3.8) is 0 Å². The molecular weight excluding hydrogens is 192 g/mol. The summed E-state index contributed by atoms with van der Waals surface area (Å²) >= 11 is 5.63. The Labute approximate surface area is 80.0 Å². The number of nitriles is 1. The van der Waals surface area contributed by atoms with Crippen molar-refractivity contribution in [1.82, 2.24) is 4.98 Å². The number of aliphatic hydroxyl groups is 2. The summed E-state index contributed by atoms with van der Waals surface area (Å²) in [6.07, 6.45) is -1.34. The first-order valence-electron chi connectivity index (χ1n) is 3.53. The van der Waals surface area contributed by atoms with Crippen molar-refractivity contribution >= 4 is 11.6 Å². The Morgan fingerprint density at radius 2 is 2.23 bits per heavy atom. The third kappa shape index (κ3) is 2.16. The van der Waals surface area contributed by atoms with E-state index in [1.807, 2.05) is 0 Å². The van der Waals surface area contributed by atoms with Gasteiger partial charge in [-0.25, -0.2) is 4.98 Å². The van der Waals surface area contributed by atoms with Crippen LogP contribution in [0.5, 0.6) is 0 Å². The van der Waals surface area contributed by atoms with Crippen LogP contribution in [0.25, 0.3) is 0 Å². The predicted octanol–water partition coefficient (Wildman–Crippen LogP) is 0.653. The van der Waals surface area contributed by atoms with Gasteiger partial charge in [0.05, 0.1) is 6.07 Å². The average molecular weight is 199 g/mol. The molecule has 1 aromatic rings. The lowest BCUT2D eigenvalue weighted by Crippen LogP contribution is -2.16. The van der Waals surface area contributed by atoms with Crippen LogP contribution < -0.4 is 0 Å². The van der Waals surface area contributed by atoms with Gasteiger partial charge in [-0.2, -0.15) is 5.26 Å². The highest BCUT2D eigenvalue weighted by Crippen LogP contribution is 2.22. The summed E-state index contributed by atoms with van der Waals surface area (Å²) in [6.45, 7) is 0. The fourth-order valence-corrected chi connectivity index (χ4v) is 1.09. The van der Waals surface area contributed by atoms with E-state index in [4.69, 9.17) is 22.0 Å². The van der Waals surface area contributed by atoms with E-state index in [0.717, 1.165) is 0 Å². The summed E-state index contributed by atoms with van der Waals surface area (Å²) < 4.78 is 0. The molecule has 2 N–H and O–H groups in total. The molecule has 0 spiro atoms. The van der Waals surface area contributed by atoms with E-state index in [0.29, 0.717) is 0 Å². The van der Waals surface area contributed by atoms with Crippen LogP contribution in [0.2, 0.25) is 5.15 Å². The van der Waals surface area contributed by atoms with E-state index in [1.54, 1.807) is 6.07 Å². The summed E-state index contributed by atoms with van der Waals surface area (Å²) in [5.41, 5.74) is 0.248. The molecule has 1 aromatic heterocycles. The Bertz CT molecular complexity index is 337. The third-order valence-electron chi connectivity index (χ3n) is 1.54. The van der Waals surface area contributed by atoms with Crippen LogP contribution in [-0.2, 0) is 0 Å². The SMILES string of the molecule is N#CC(O)C(O)c1cccnc1Cl. The van der Waals surface area contributed by atoms with E-state index in [2.05, 4.69) is 4.98 Å². The van der Waals surface area contributed by atoms with Gasteiger partial charge in [0.15, 0.2) is 6.10 Å². The lowest BCUT2D eigenvalue weighted by Gasteiger charge is -2.12. The Morgan fingerprint density at radius 3 is 2.77 bits per heavy atom. The van der Waals surface area contributed by atoms with Crippen molar-refractivity contribution in [2.45, 2.75) is 12.2 Å². The summed E-state index contributed by atoms with van der Waals surface area (Å²) in [5.74, 6) is 0. The molecule has 0 bridgehead atoms. The van der Waals surface area contributed by atoms with Gasteiger partial charge >= 0.3 is 0 Å². The van der Waals surface area contributed by atoms with E-state index >= 15 is 0 Å². The molecule has 0 fully saturated rings. The van der Waals surface area contributed by atoms with Crippen molar-refractivity contribution < 1.29 is 10.2 Å². The first-order chi connectivity index (χ1) is 6.16. The minimum Gasteiger partial charge on any atom is -0.384 e. The number of nitrogens with zero attached hydrogens (tertiary/aromatic N) is 2. The molecule has 4 nitrogen and oxygen atoms in total. The minimum absolute atomic E-state index is 0.0873. The molecule has 1 rings (SSSR count). The van der Waals surface area contributed by atoms with Crippen LogP contribution in [0.3, 0.4) is 0 Å². The molecule has 1 heterocycles. The van der Waals surface area contributed by atoms with Gasteiger partial charge < -0.3 is 10.2 Å². The number of aliphatic hydroxyl groups excluding tert-OH is 2. The van der Waals surface area contributed by atoms with Crippen molar-refractivity contribution in [2.75, 3.05) is 0 Å². The Balaban J connectivity index is 2.96. The molecule has 0 aliphatic carbocycles. The number of rotatable bonds is 2. The molecular formula is C8H7ClN2O2. The van der Waals surface area contributed by atoms with Gasteiger partial charge in [0.25, 0.3) is 0 Å². The van der Waals surface area contributed by atoms with Crippen molar-refractivity contribution in [3.8, 4) is 6.07 Å². The van der Waals surface area contributed by atoms with Crippen LogP contribution in [0, 0.1) is 11.3 Å². The number of halogens is 1. The van der Waals surface area contributed by atoms with Gasteiger partial charge in [-0.05, 0) is 6.07 Å². The van der Waals surface area contributed by atoms with Crippen LogP contribution in [-0.4, -0.2) is 21.3 Å².